The molecule has 0 spiro atoms. The maximum absolute atomic E-state index is 12.4. The topological polar surface area (TPSA) is 89.0 Å². The van der Waals surface area contributed by atoms with Crippen LogP contribution >= 0.6 is 0 Å². The van der Waals surface area contributed by atoms with Crippen LogP contribution in [-0.2, 0) is 16.6 Å². The molecule has 0 saturated carbocycles. The Kier molecular flexibility index (Phi) is 4.33. The Hall–Kier alpha value is -2.39. The van der Waals surface area contributed by atoms with E-state index in [2.05, 4.69) is 4.98 Å². The fraction of sp³-hybridized carbons (Fsp3) is 0.143. The molecule has 2 N–H and O–H groups in total. The molecule has 5 nitrogen and oxygen atoms in total. The van der Waals surface area contributed by atoms with Crippen LogP contribution in [0.15, 0.2) is 41.4 Å². The molecule has 20 heavy (non-hydrogen) atoms. The van der Waals surface area contributed by atoms with E-state index in [0.717, 1.165) is 0 Å². The Morgan fingerprint density at radius 1 is 1.45 bits per heavy atom. The van der Waals surface area contributed by atoms with Gasteiger partial charge in [-0.1, -0.05) is 6.07 Å². The van der Waals surface area contributed by atoms with Gasteiger partial charge >= 0.3 is 0 Å². The van der Waals surface area contributed by atoms with E-state index in [1.807, 2.05) is 6.07 Å². The molecule has 1 unspecified atom stereocenters. The number of ether oxygens (including phenoxy) is 1. The number of pyridine rings is 1. The van der Waals surface area contributed by atoms with Crippen molar-refractivity contribution in [3.63, 3.8) is 0 Å². The van der Waals surface area contributed by atoms with Gasteiger partial charge in [-0.3, -0.25) is 4.21 Å². The van der Waals surface area contributed by atoms with Crippen molar-refractivity contribution >= 4 is 16.5 Å². The van der Waals surface area contributed by atoms with Gasteiger partial charge in [-0.25, -0.2) is 4.98 Å². The summed E-state index contributed by atoms with van der Waals surface area (Å²) in [6.07, 6.45) is 1.53. The van der Waals surface area contributed by atoms with Crippen molar-refractivity contribution < 1.29 is 8.95 Å². The van der Waals surface area contributed by atoms with Gasteiger partial charge in [0.2, 0.25) is 0 Å². The minimum Gasteiger partial charge on any atom is -0.497 e. The molecule has 2 rings (SSSR count). The van der Waals surface area contributed by atoms with Crippen LogP contribution < -0.4 is 10.5 Å². The van der Waals surface area contributed by atoms with Gasteiger partial charge in [0, 0.05) is 17.4 Å². The number of aromatic nitrogens is 1. The summed E-state index contributed by atoms with van der Waals surface area (Å²) in [5.74, 6) is 0.780. The Morgan fingerprint density at radius 3 is 2.95 bits per heavy atom. The molecular weight excluding hydrogens is 274 g/mol. The second kappa shape index (κ2) is 6.17. The largest absolute Gasteiger partial charge is 0.497 e. The lowest BCUT2D eigenvalue weighted by atomic mass is 10.2. The zero-order valence-corrected chi connectivity index (χ0v) is 11.7. The summed E-state index contributed by atoms with van der Waals surface area (Å²) in [6.45, 7) is 0. The van der Waals surface area contributed by atoms with Crippen LogP contribution in [0.5, 0.6) is 5.75 Å². The van der Waals surface area contributed by atoms with Crippen LogP contribution in [0.25, 0.3) is 0 Å². The summed E-state index contributed by atoms with van der Waals surface area (Å²) >= 11 is 0. The molecule has 102 valence electrons. The summed E-state index contributed by atoms with van der Waals surface area (Å²) in [4.78, 5) is 4.45. The maximum atomic E-state index is 12.4. The molecule has 1 aromatic carbocycles. The third kappa shape index (κ3) is 2.95. The zero-order valence-electron chi connectivity index (χ0n) is 10.9. The summed E-state index contributed by atoms with van der Waals surface area (Å²) in [5, 5.41) is 8.98. The molecule has 0 aliphatic rings. The third-order valence-corrected chi connectivity index (χ3v) is 4.17. The minimum atomic E-state index is -1.37. The lowest BCUT2D eigenvalue weighted by Crippen LogP contribution is -2.03. The fourth-order valence-corrected chi connectivity index (χ4v) is 2.96. The smallest absolute Gasteiger partial charge is 0.144 e. The SMILES string of the molecule is COc1ccc(N)c(S(=O)Cc2cccnc2C#N)c1. The molecule has 0 aliphatic carbocycles. The van der Waals surface area contributed by atoms with Crippen molar-refractivity contribution in [2.45, 2.75) is 10.6 Å². The van der Waals surface area contributed by atoms with Gasteiger partial charge in [-0.15, -0.1) is 0 Å². The molecule has 1 aromatic heterocycles. The van der Waals surface area contributed by atoms with Crippen molar-refractivity contribution in [2.24, 2.45) is 0 Å². The lowest BCUT2D eigenvalue weighted by molar-refractivity contribution is 0.413. The average Bonchev–Trinajstić information content (AvgIpc) is 2.48. The quantitative estimate of drug-likeness (QED) is 0.867. The highest BCUT2D eigenvalue weighted by molar-refractivity contribution is 7.84. The minimum absolute atomic E-state index is 0.189. The van der Waals surface area contributed by atoms with Crippen LogP contribution in [0.4, 0.5) is 5.69 Å². The first-order chi connectivity index (χ1) is 9.65. The van der Waals surface area contributed by atoms with Crippen LogP contribution in [0.3, 0.4) is 0 Å². The van der Waals surface area contributed by atoms with E-state index in [-0.39, 0.29) is 11.4 Å². The number of nitriles is 1. The highest BCUT2D eigenvalue weighted by Crippen LogP contribution is 2.24. The number of rotatable bonds is 4. The first-order valence-electron chi connectivity index (χ1n) is 5.81. The van der Waals surface area contributed by atoms with E-state index in [0.29, 0.717) is 21.9 Å². The number of methoxy groups -OCH3 is 1. The van der Waals surface area contributed by atoms with E-state index in [1.54, 1.807) is 30.3 Å². The van der Waals surface area contributed by atoms with E-state index in [4.69, 9.17) is 15.7 Å². The van der Waals surface area contributed by atoms with E-state index in [9.17, 15) is 4.21 Å². The van der Waals surface area contributed by atoms with Gasteiger partial charge in [0.15, 0.2) is 0 Å². The Bertz CT molecular complexity index is 695. The number of hydrogen-bond donors (Lipinski definition) is 1. The molecular formula is C14H13N3O2S. The molecule has 6 heteroatoms. The summed E-state index contributed by atoms with van der Waals surface area (Å²) in [5.41, 5.74) is 7.19. The number of hydrogen-bond acceptors (Lipinski definition) is 5. The monoisotopic (exact) mass is 287 g/mol. The van der Waals surface area contributed by atoms with Gasteiger partial charge in [0.25, 0.3) is 0 Å². The molecule has 1 heterocycles. The molecule has 0 radical (unpaired) electrons. The van der Waals surface area contributed by atoms with Crippen molar-refractivity contribution in [3.05, 3.63) is 47.8 Å². The summed E-state index contributed by atoms with van der Waals surface area (Å²) in [7, 11) is 0.169. The molecule has 0 amide bonds. The predicted octanol–water partition coefficient (Wildman–Crippen LogP) is 1.85. The molecule has 0 bridgehead atoms. The van der Waals surface area contributed by atoms with Crippen LogP contribution in [0, 0.1) is 11.3 Å². The van der Waals surface area contributed by atoms with E-state index in [1.165, 1.54) is 13.3 Å². The second-order valence-electron chi connectivity index (χ2n) is 4.02. The van der Waals surface area contributed by atoms with Gasteiger partial charge in [0.05, 0.1) is 28.6 Å². The fourth-order valence-electron chi connectivity index (χ4n) is 1.71. The first-order valence-corrected chi connectivity index (χ1v) is 7.13. The molecule has 2 aromatic rings. The maximum Gasteiger partial charge on any atom is 0.144 e. The van der Waals surface area contributed by atoms with Crippen molar-refractivity contribution in [3.8, 4) is 11.8 Å². The zero-order chi connectivity index (χ0) is 14.5. The third-order valence-electron chi connectivity index (χ3n) is 2.75. The van der Waals surface area contributed by atoms with E-state index < -0.39 is 10.8 Å². The highest BCUT2D eigenvalue weighted by Gasteiger charge is 2.13. The summed E-state index contributed by atoms with van der Waals surface area (Å²) in [6, 6.07) is 10.4. The standard InChI is InChI=1S/C14H13N3O2S/c1-19-11-4-5-12(16)14(7-11)20(18)9-10-3-2-6-17-13(10)8-15/h2-7H,9,16H2,1H3. The lowest BCUT2D eigenvalue weighted by Gasteiger charge is -2.08. The Labute approximate surface area is 119 Å². The van der Waals surface area contributed by atoms with E-state index >= 15 is 0 Å². The highest BCUT2D eigenvalue weighted by atomic mass is 32.2. The van der Waals surface area contributed by atoms with Crippen molar-refractivity contribution in [2.75, 3.05) is 12.8 Å². The Morgan fingerprint density at radius 2 is 2.25 bits per heavy atom. The first kappa shape index (κ1) is 14.0. The number of nitrogen functional groups attached to an aromatic ring is 1. The number of nitrogens with zero attached hydrogens (tertiary/aromatic N) is 2. The average molecular weight is 287 g/mol. The van der Waals surface area contributed by atoms with Gasteiger partial charge in [0.1, 0.15) is 17.5 Å². The van der Waals surface area contributed by atoms with Gasteiger partial charge in [-0.05, 0) is 24.3 Å². The Balaban J connectivity index is 2.31. The van der Waals surface area contributed by atoms with Crippen LogP contribution in [-0.4, -0.2) is 16.3 Å². The van der Waals surface area contributed by atoms with Crippen LogP contribution in [0.2, 0.25) is 0 Å². The number of anilines is 1. The molecule has 0 aliphatic heterocycles. The second-order valence-corrected chi connectivity index (χ2v) is 5.44. The molecule has 1 atom stereocenters. The van der Waals surface area contributed by atoms with Crippen molar-refractivity contribution in [1.29, 1.82) is 5.26 Å². The summed E-state index contributed by atoms with van der Waals surface area (Å²) < 4.78 is 17.5. The number of nitrogens with two attached hydrogens (primary N) is 1. The van der Waals surface area contributed by atoms with Crippen LogP contribution in [0.1, 0.15) is 11.3 Å². The van der Waals surface area contributed by atoms with Crippen molar-refractivity contribution in [1.82, 2.24) is 4.98 Å². The van der Waals surface area contributed by atoms with Gasteiger partial charge in [-0.2, -0.15) is 5.26 Å². The predicted molar refractivity (Wildman–Crippen MR) is 76.5 cm³/mol. The molecule has 0 saturated heterocycles. The molecule has 0 fully saturated rings. The number of benzene rings is 1. The normalized spacial score (nSPS) is 11.6. The van der Waals surface area contributed by atoms with Gasteiger partial charge < -0.3 is 10.5 Å².